The summed E-state index contributed by atoms with van der Waals surface area (Å²) in [7, 11) is 1.62. The molecule has 0 spiro atoms. The number of hydrogen-bond acceptors (Lipinski definition) is 5. The first-order chi connectivity index (χ1) is 10.2. The monoisotopic (exact) mass is 339 g/mol. The quantitative estimate of drug-likeness (QED) is 0.753. The highest BCUT2D eigenvalue weighted by molar-refractivity contribution is 7.00. The second-order valence-corrected chi connectivity index (χ2v) is 5.67. The van der Waals surface area contributed by atoms with Crippen LogP contribution in [0.2, 0.25) is 10.0 Å². The van der Waals surface area contributed by atoms with Crippen molar-refractivity contribution in [2.75, 3.05) is 12.4 Å². The lowest BCUT2D eigenvalue weighted by molar-refractivity contribution is 0.410. The predicted octanol–water partition coefficient (Wildman–Crippen LogP) is 4.62. The fraction of sp³-hybridized carbons (Fsp3) is 0.143. The van der Waals surface area contributed by atoms with Gasteiger partial charge in [-0.25, -0.2) is 0 Å². The van der Waals surface area contributed by atoms with Gasteiger partial charge in [0.2, 0.25) is 0 Å². The summed E-state index contributed by atoms with van der Waals surface area (Å²) in [6.07, 6.45) is 0. The molecule has 1 heterocycles. The second-order valence-electron chi connectivity index (χ2n) is 4.33. The first kappa shape index (κ1) is 14.4. The van der Waals surface area contributed by atoms with E-state index in [1.807, 2.05) is 24.3 Å². The minimum absolute atomic E-state index is 0.485. The SMILES string of the molecule is COc1cccc(Cl)c1CNc1c(Cl)ccc2nsnc12. The van der Waals surface area contributed by atoms with Gasteiger partial charge in [-0.3, -0.25) is 0 Å². The summed E-state index contributed by atoms with van der Waals surface area (Å²) in [5, 5.41) is 4.52. The fourth-order valence-electron chi connectivity index (χ4n) is 2.07. The van der Waals surface area contributed by atoms with Gasteiger partial charge in [0.05, 0.1) is 29.5 Å². The number of ether oxygens (including phenoxy) is 1. The Labute approximate surface area is 136 Å². The third-order valence-corrected chi connectivity index (χ3v) is 4.33. The minimum atomic E-state index is 0.485. The zero-order valence-corrected chi connectivity index (χ0v) is 13.4. The Morgan fingerprint density at radius 1 is 1.14 bits per heavy atom. The molecule has 21 heavy (non-hydrogen) atoms. The summed E-state index contributed by atoms with van der Waals surface area (Å²) >= 11 is 13.6. The number of benzene rings is 2. The summed E-state index contributed by atoms with van der Waals surface area (Å²) < 4.78 is 13.8. The van der Waals surface area contributed by atoms with E-state index in [1.165, 1.54) is 0 Å². The van der Waals surface area contributed by atoms with Crippen LogP contribution in [0.25, 0.3) is 11.0 Å². The topological polar surface area (TPSA) is 47.0 Å². The van der Waals surface area contributed by atoms with Gasteiger partial charge in [-0.2, -0.15) is 8.75 Å². The molecule has 4 nitrogen and oxygen atoms in total. The molecule has 3 aromatic rings. The third kappa shape index (κ3) is 2.77. The lowest BCUT2D eigenvalue weighted by Gasteiger charge is -2.13. The molecule has 0 bridgehead atoms. The van der Waals surface area contributed by atoms with Gasteiger partial charge in [-0.1, -0.05) is 29.3 Å². The van der Waals surface area contributed by atoms with E-state index in [2.05, 4.69) is 14.1 Å². The van der Waals surface area contributed by atoms with Crippen molar-refractivity contribution in [3.8, 4) is 5.75 Å². The molecular formula is C14H11Cl2N3OS. The maximum Gasteiger partial charge on any atom is 0.129 e. The van der Waals surface area contributed by atoms with Gasteiger partial charge in [-0.15, -0.1) is 0 Å². The summed E-state index contributed by atoms with van der Waals surface area (Å²) in [5.41, 5.74) is 3.21. The molecule has 0 aliphatic heterocycles. The molecule has 2 aromatic carbocycles. The van der Waals surface area contributed by atoms with Gasteiger partial charge in [-0.05, 0) is 24.3 Å². The van der Waals surface area contributed by atoms with Crippen LogP contribution in [0.15, 0.2) is 30.3 Å². The lowest BCUT2D eigenvalue weighted by atomic mass is 10.2. The van der Waals surface area contributed by atoms with Crippen LogP contribution in [0.5, 0.6) is 5.75 Å². The summed E-state index contributed by atoms with van der Waals surface area (Å²) in [4.78, 5) is 0. The van der Waals surface area contributed by atoms with Crippen LogP contribution in [-0.2, 0) is 6.54 Å². The normalized spacial score (nSPS) is 10.8. The number of methoxy groups -OCH3 is 1. The van der Waals surface area contributed by atoms with Gasteiger partial charge >= 0.3 is 0 Å². The Bertz CT molecular complexity index is 791. The Balaban J connectivity index is 1.94. The third-order valence-electron chi connectivity index (χ3n) is 3.11. The van der Waals surface area contributed by atoms with Gasteiger partial charge in [0.25, 0.3) is 0 Å². The second kappa shape index (κ2) is 6.05. The van der Waals surface area contributed by atoms with E-state index in [-0.39, 0.29) is 0 Å². The van der Waals surface area contributed by atoms with E-state index in [9.17, 15) is 0 Å². The zero-order valence-electron chi connectivity index (χ0n) is 11.1. The molecule has 1 N–H and O–H groups in total. The number of rotatable bonds is 4. The smallest absolute Gasteiger partial charge is 0.129 e. The largest absolute Gasteiger partial charge is 0.496 e. The standard InChI is InChI=1S/C14H11Cl2N3OS/c1-20-12-4-2-3-9(15)8(12)7-17-13-10(16)5-6-11-14(13)19-21-18-11/h2-6,17H,7H2,1H3. The number of halogens is 2. The molecule has 3 rings (SSSR count). The minimum Gasteiger partial charge on any atom is -0.496 e. The van der Waals surface area contributed by atoms with Crippen molar-refractivity contribution in [1.29, 1.82) is 0 Å². The lowest BCUT2D eigenvalue weighted by Crippen LogP contribution is -2.03. The van der Waals surface area contributed by atoms with Crippen molar-refractivity contribution in [2.45, 2.75) is 6.54 Å². The average Bonchev–Trinajstić information content (AvgIpc) is 2.96. The van der Waals surface area contributed by atoms with Crippen LogP contribution in [0.1, 0.15) is 5.56 Å². The highest BCUT2D eigenvalue weighted by Crippen LogP contribution is 2.32. The van der Waals surface area contributed by atoms with E-state index in [0.29, 0.717) is 16.6 Å². The van der Waals surface area contributed by atoms with Gasteiger partial charge < -0.3 is 10.1 Å². The van der Waals surface area contributed by atoms with E-state index < -0.39 is 0 Å². The molecular weight excluding hydrogens is 329 g/mol. The summed E-state index contributed by atoms with van der Waals surface area (Å²) in [5.74, 6) is 0.731. The van der Waals surface area contributed by atoms with Crippen LogP contribution < -0.4 is 10.1 Å². The Kier molecular flexibility index (Phi) is 4.14. The van der Waals surface area contributed by atoms with Crippen LogP contribution >= 0.6 is 34.9 Å². The van der Waals surface area contributed by atoms with Crippen LogP contribution in [0, 0.1) is 0 Å². The van der Waals surface area contributed by atoms with E-state index in [0.717, 1.165) is 39.8 Å². The molecule has 7 heteroatoms. The summed E-state index contributed by atoms with van der Waals surface area (Å²) in [6, 6.07) is 9.20. The van der Waals surface area contributed by atoms with E-state index in [1.54, 1.807) is 13.2 Å². The first-order valence-electron chi connectivity index (χ1n) is 6.16. The highest BCUT2D eigenvalue weighted by atomic mass is 35.5. The summed E-state index contributed by atoms with van der Waals surface area (Å²) in [6.45, 7) is 0.485. The predicted molar refractivity (Wildman–Crippen MR) is 87.8 cm³/mol. The Hall–Kier alpha value is -1.56. The van der Waals surface area contributed by atoms with Crippen molar-refractivity contribution < 1.29 is 4.74 Å². The molecule has 0 amide bonds. The van der Waals surface area contributed by atoms with Crippen molar-refractivity contribution in [3.05, 3.63) is 45.9 Å². The number of hydrogen-bond donors (Lipinski definition) is 1. The van der Waals surface area contributed by atoms with Gasteiger partial charge in [0, 0.05) is 17.1 Å². The van der Waals surface area contributed by atoms with Crippen LogP contribution in [-0.4, -0.2) is 15.9 Å². The number of aromatic nitrogens is 2. The zero-order chi connectivity index (χ0) is 14.8. The van der Waals surface area contributed by atoms with Gasteiger partial charge in [0.15, 0.2) is 0 Å². The molecule has 1 aromatic heterocycles. The van der Waals surface area contributed by atoms with Crippen molar-refractivity contribution in [2.24, 2.45) is 0 Å². The van der Waals surface area contributed by atoms with E-state index in [4.69, 9.17) is 27.9 Å². The molecule has 0 aliphatic carbocycles. The number of nitrogens with zero attached hydrogens (tertiary/aromatic N) is 2. The first-order valence-corrected chi connectivity index (χ1v) is 7.65. The number of nitrogens with one attached hydrogen (secondary N) is 1. The Morgan fingerprint density at radius 3 is 2.81 bits per heavy atom. The van der Waals surface area contributed by atoms with Crippen LogP contribution in [0.4, 0.5) is 5.69 Å². The number of anilines is 1. The van der Waals surface area contributed by atoms with Gasteiger partial charge in [0.1, 0.15) is 16.8 Å². The highest BCUT2D eigenvalue weighted by Gasteiger charge is 2.12. The average molecular weight is 340 g/mol. The maximum absolute atomic E-state index is 6.25. The molecule has 108 valence electrons. The molecule has 0 saturated carbocycles. The van der Waals surface area contributed by atoms with E-state index >= 15 is 0 Å². The van der Waals surface area contributed by atoms with Crippen molar-refractivity contribution >= 4 is 51.7 Å². The molecule has 0 fully saturated rings. The molecule has 0 atom stereocenters. The maximum atomic E-state index is 6.25. The van der Waals surface area contributed by atoms with Crippen molar-refractivity contribution in [3.63, 3.8) is 0 Å². The van der Waals surface area contributed by atoms with Crippen LogP contribution in [0.3, 0.4) is 0 Å². The van der Waals surface area contributed by atoms with Crippen molar-refractivity contribution in [1.82, 2.24) is 8.75 Å². The number of fused-ring (bicyclic) bond motifs is 1. The fourth-order valence-corrected chi connectivity index (χ4v) is 3.07. The molecule has 0 unspecified atom stereocenters. The Morgan fingerprint density at radius 2 is 2.00 bits per heavy atom. The molecule has 0 radical (unpaired) electrons. The molecule has 0 saturated heterocycles. The molecule has 0 aliphatic rings.